The summed E-state index contributed by atoms with van der Waals surface area (Å²) in [5.41, 5.74) is 5.30. The van der Waals surface area contributed by atoms with Gasteiger partial charge in [-0.25, -0.2) is 9.37 Å². The van der Waals surface area contributed by atoms with Gasteiger partial charge in [-0.3, -0.25) is 13.7 Å². The smallest absolute Gasteiger partial charge is 0.340 e. The van der Waals surface area contributed by atoms with Crippen molar-refractivity contribution in [3.63, 3.8) is 0 Å². The molecule has 0 aliphatic carbocycles. The molecule has 17 heteroatoms. The first kappa shape index (κ1) is 24.8. The fourth-order valence-corrected chi connectivity index (χ4v) is 5.12. The Hall–Kier alpha value is -1.47. The molecule has 0 radical (unpaired) electrons. The van der Waals surface area contributed by atoms with Crippen molar-refractivity contribution >= 4 is 43.8 Å². The highest BCUT2D eigenvalue weighted by molar-refractivity contribution is 7.70. The molecule has 2 aromatic rings. The SMILES string of the molecule is C/C=C(/COP(=O)(O)CP(=O)(O)O)[C@@H](O)[C@H](F)[C@@H](O)n1cnc2c(N)nc(Cl)nc21. The maximum atomic E-state index is 14.8. The minimum atomic E-state index is -4.86. The zero-order valence-corrected chi connectivity index (χ0v) is 17.8. The fraction of sp³-hybridized carbons (Fsp3) is 0.462. The van der Waals surface area contributed by atoms with E-state index in [1.54, 1.807) is 0 Å². The third kappa shape index (κ3) is 6.03. The lowest BCUT2D eigenvalue weighted by atomic mass is 10.0. The predicted molar refractivity (Wildman–Crippen MR) is 103 cm³/mol. The average Bonchev–Trinajstić information content (AvgIpc) is 3.02. The second-order valence-electron chi connectivity index (χ2n) is 6.09. The number of allylic oxidation sites excluding steroid dienone is 1. The van der Waals surface area contributed by atoms with E-state index >= 15 is 0 Å². The zero-order chi connectivity index (χ0) is 22.9. The van der Waals surface area contributed by atoms with Crippen LogP contribution in [0.4, 0.5) is 10.2 Å². The first-order valence-corrected chi connectivity index (χ1v) is 12.0. The van der Waals surface area contributed by atoms with Crippen LogP contribution in [0.15, 0.2) is 18.0 Å². The molecule has 0 bridgehead atoms. The molecule has 1 unspecified atom stereocenters. The zero-order valence-electron chi connectivity index (χ0n) is 15.3. The number of halogens is 2. The number of fused-ring (bicyclic) bond motifs is 1. The van der Waals surface area contributed by atoms with E-state index in [2.05, 4.69) is 19.5 Å². The standard InChI is InChI=1S/C13H19ClFN5O8P2/c1-2-6(3-28-30(26,27)5-29(23,24)25)9(21)7(15)12(22)20-4-17-8-10(16)18-13(14)19-11(8)20/h2,4,7,9,12,21-22H,3,5H2,1H3,(H,26,27)(H2,16,18,19)(H2,23,24,25)/b6-2-/t7-,9+,12+/m0/s1. The van der Waals surface area contributed by atoms with Crippen LogP contribution in [-0.2, 0) is 13.7 Å². The average molecular weight is 490 g/mol. The number of alkyl halides is 1. The topological polar surface area (TPSA) is 214 Å². The number of imidazole rings is 1. The largest absolute Gasteiger partial charge is 0.385 e. The normalized spacial score (nSPS) is 18.2. The number of rotatable bonds is 9. The summed E-state index contributed by atoms with van der Waals surface area (Å²) < 4.78 is 42.8. The van der Waals surface area contributed by atoms with Gasteiger partial charge in [-0.15, -0.1) is 0 Å². The second-order valence-corrected chi connectivity index (χ2v) is 10.4. The summed E-state index contributed by atoms with van der Waals surface area (Å²) in [5, 5.41) is 20.3. The summed E-state index contributed by atoms with van der Waals surface area (Å²) in [7, 11) is -9.58. The van der Waals surface area contributed by atoms with E-state index in [-0.39, 0.29) is 27.8 Å². The number of aromatic nitrogens is 4. The molecule has 0 fully saturated rings. The summed E-state index contributed by atoms with van der Waals surface area (Å²) in [6.45, 7) is 0.525. The van der Waals surface area contributed by atoms with Gasteiger partial charge in [0.05, 0.1) is 12.9 Å². The highest BCUT2D eigenvalue weighted by atomic mass is 35.5. The number of anilines is 1. The van der Waals surface area contributed by atoms with Crippen LogP contribution >= 0.6 is 26.8 Å². The van der Waals surface area contributed by atoms with Crippen molar-refractivity contribution in [2.45, 2.75) is 25.4 Å². The van der Waals surface area contributed by atoms with E-state index in [9.17, 15) is 28.6 Å². The summed E-state index contributed by atoms with van der Waals surface area (Å²) in [4.78, 5) is 38.4. The van der Waals surface area contributed by atoms with Crippen molar-refractivity contribution in [3.05, 3.63) is 23.3 Å². The number of aliphatic hydroxyl groups is 2. The van der Waals surface area contributed by atoms with Crippen molar-refractivity contribution in [1.29, 1.82) is 0 Å². The second kappa shape index (κ2) is 9.35. The molecule has 0 aromatic carbocycles. The number of aliphatic hydroxyl groups excluding tert-OH is 2. The molecule has 30 heavy (non-hydrogen) atoms. The number of nitrogen functional groups attached to an aromatic ring is 1. The van der Waals surface area contributed by atoms with Gasteiger partial charge in [0, 0.05) is 0 Å². The maximum absolute atomic E-state index is 14.8. The first-order chi connectivity index (χ1) is 13.8. The van der Waals surface area contributed by atoms with Gasteiger partial charge in [-0.2, -0.15) is 9.97 Å². The van der Waals surface area contributed by atoms with Gasteiger partial charge in [-0.05, 0) is 24.1 Å². The maximum Gasteiger partial charge on any atom is 0.340 e. The Labute approximate surface area is 173 Å². The monoisotopic (exact) mass is 489 g/mol. The summed E-state index contributed by atoms with van der Waals surface area (Å²) in [5.74, 6) is -1.56. The van der Waals surface area contributed by atoms with Gasteiger partial charge >= 0.3 is 15.2 Å². The fourth-order valence-electron chi connectivity index (χ4n) is 2.41. The molecule has 4 atom stereocenters. The van der Waals surface area contributed by atoms with Crippen LogP contribution in [0.5, 0.6) is 0 Å². The molecular weight excluding hydrogens is 471 g/mol. The van der Waals surface area contributed by atoms with Gasteiger partial charge in [0.2, 0.25) is 5.28 Å². The number of hydrogen-bond acceptors (Lipinski definition) is 9. The molecule has 0 saturated carbocycles. The summed E-state index contributed by atoms with van der Waals surface area (Å²) in [6, 6.07) is 0. The Morgan fingerprint density at radius 3 is 2.57 bits per heavy atom. The molecule has 13 nitrogen and oxygen atoms in total. The molecule has 7 N–H and O–H groups in total. The quantitative estimate of drug-likeness (QED) is 0.162. The van der Waals surface area contributed by atoms with Crippen LogP contribution in [0, 0.1) is 0 Å². The number of hydrogen-bond donors (Lipinski definition) is 6. The van der Waals surface area contributed by atoms with E-state index in [1.807, 2.05) is 0 Å². The highest BCUT2D eigenvalue weighted by Crippen LogP contribution is 2.55. The summed E-state index contributed by atoms with van der Waals surface area (Å²) >= 11 is 5.70. The molecule has 0 spiro atoms. The number of nitrogens with two attached hydrogens (primary N) is 1. The van der Waals surface area contributed by atoms with Gasteiger partial charge in [-0.1, -0.05) is 6.08 Å². The van der Waals surface area contributed by atoms with Crippen molar-refractivity contribution in [2.75, 3.05) is 18.2 Å². The minimum Gasteiger partial charge on any atom is -0.385 e. The molecule has 0 aliphatic heterocycles. The van der Waals surface area contributed by atoms with E-state index < -0.39 is 46.2 Å². The highest BCUT2D eigenvalue weighted by Gasteiger charge is 2.35. The molecule has 0 aliphatic rings. The Morgan fingerprint density at radius 1 is 1.37 bits per heavy atom. The molecule has 2 aromatic heterocycles. The van der Waals surface area contributed by atoms with Crippen LogP contribution in [-0.4, -0.2) is 69.2 Å². The third-order valence-electron chi connectivity index (χ3n) is 3.84. The van der Waals surface area contributed by atoms with Gasteiger partial charge < -0.3 is 35.2 Å². The van der Waals surface area contributed by atoms with Crippen LogP contribution in [0.2, 0.25) is 5.28 Å². The van der Waals surface area contributed by atoms with Gasteiger partial charge in [0.25, 0.3) is 0 Å². The molecule has 2 heterocycles. The molecule has 2 rings (SSSR count). The Balaban J connectivity index is 2.18. The van der Waals surface area contributed by atoms with Gasteiger partial charge in [0.15, 0.2) is 29.8 Å². The Kier molecular flexibility index (Phi) is 7.73. The predicted octanol–water partition coefficient (Wildman–Crippen LogP) is 0.535. The van der Waals surface area contributed by atoms with Crippen molar-refractivity contribution in [2.24, 2.45) is 0 Å². The Morgan fingerprint density at radius 2 is 2.00 bits per heavy atom. The number of nitrogens with zero attached hydrogens (tertiary/aromatic N) is 4. The Bertz CT molecular complexity index is 1050. The van der Waals surface area contributed by atoms with Crippen LogP contribution in [0.25, 0.3) is 11.2 Å². The molecule has 0 amide bonds. The molecular formula is C13H19ClFN5O8P2. The lowest BCUT2D eigenvalue weighted by Crippen LogP contribution is -2.34. The van der Waals surface area contributed by atoms with Crippen molar-refractivity contribution < 1.29 is 42.9 Å². The lowest BCUT2D eigenvalue weighted by molar-refractivity contribution is -0.0351. The molecule has 0 saturated heterocycles. The van der Waals surface area contributed by atoms with Crippen LogP contribution in [0.1, 0.15) is 13.2 Å². The van der Waals surface area contributed by atoms with Crippen LogP contribution < -0.4 is 5.73 Å². The van der Waals surface area contributed by atoms with Crippen molar-refractivity contribution in [1.82, 2.24) is 19.5 Å². The van der Waals surface area contributed by atoms with E-state index in [0.29, 0.717) is 0 Å². The van der Waals surface area contributed by atoms with E-state index in [1.165, 1.54) is 6.92 Å². The van der Waals surface area contributed by atoms with Gasteiger partial charge in [0.1, 0.15) is 11.6 Å². The van der Waals surface area contributed by atoms with E-state index in [4.69, 9.17) is 27.1 Å². The molecule has 168 valence electrons. The van der Waals surface area contributed by atoms with Crippen molar-refractivity contribution in [3.8, 4) is 0 Å². The lowest BCUT2D eigenvalue weighted by Gasteiger charge is -2.24. The summed E-state index contributed by atoms with van der Waals surface area (Å²) in [6.07, 6.45) is -4.28. The third-order valence-corrected chi connectivity index (χ3v) is 7.44. The first-order valence-electron chi connectivity index (χ1n) is 8.07. The van der Waals surface area contributed by atoms with E-state index in [0.717, 1.165) is 17.0 Å². The van der Waals surface area contributed by atoms with Crippen LogP contribution in [0.3, 0.4) is 0 Å². The minimum absolute atomic E-state index is 0.0355.